The van der Waals surface area contributed by atoms with E-state index in [-0.39, 0.29) is 18.7 Å². The van der Waals surface area contributed by atoms with E-state index in [4.69, 9.17) is 9.84 Å². The number of carboxylic acids is 1. The van der Waals surface area contributed by atoms with Crippen LogP contribution in [0.4, 0.5) is 0 Å². The zero-order chi connectivity index (χ0) is 11.3. The van der Waals surface area contributed by atoms with E-state index >= 15 is 0 Å². The number of carboxylic acid groups (broad SMARTS) is 1. The normalized spacial score (nSPS) is 26.9. The third kappa shape index (κ3) is 3.47. The molecule has 1 aliphatic rings. The first kappa shape index (κ1) is 12.5. The molecule has 1 rings (SSSR count). The largest absolute Gasteiger partial charge is 0.480 e. The highest BCUT2D eigenvalue weighted by Gasteiger charge is 2.30. The van der Waals surface area contributed by atoms with E-state index in [0.717, 1.165) is 19.4 Å². The molecule has 0 aromatic heterocycles. The van der Waals surface area contributed by atoms with Crippen LogP contribution in [0, 0.1) is 0 Å². The highest BCUT2D eigenvalue weighted by molar-refractivity contribution is 5.69. The van der Waals surface area contributed by atoms with E-state index < -0.39 is 5.97 Å². The van der Waals surface area contributed by atoms with Crippen LogP contribution < -0.4 is 0 Å². The Bertz CT molecular complexity index is 208. The molecular formula is C11H21NO3. The molecule has 0 amide bonds. The van der Waals surface area contributed by atoms with Gasteiger partial charge in [-0.15, -0.1) is 0 Å². The van der Waals surface area contributed by atoms with Crippen molar-refractivity contribution in [3.05, 3.63) is 0 Å². The van der Waals surface area contributed by atoms with Crippen LogP contribution in [-0.2, 0) is 9.53 Å². The molecule has 1 saturated carbocycles. The summed E-state index contributed by atoms with van der Waals surface area (Å²) >= 11 is 0. The highest BCUT2D eigenvalue weighted by atomic mass is 16.5. The van der Waals surface area contributed by atoms with Crippen molar-refractivity contribution in [1.82, 2.24) is 4.90 Å². The lowest BCUT2D eigenvalue weighted by Gasteiger charge is -2.37. The summed E-state index contributed by atoms with van der Waals surface area (Å²) in [5.74, 6) is -0.753. The summed E-state index contributed by atoms with van der Waals surface area (Å²) in [6, 6.07) is 0.282. The molecule has 0 aromatic carbocycles. The lowest BCUT2D eigenvalue weighted by molar-refractivity contribution is -0.140. The fraction of sp³-hybridized carbons (Fsp3) is 0.909. The van der Waals surface area contributed by atoms with Crippen molar-refractivity contribution in [1.29, 1.82) is 0 Å². The topological polar surface area (TPSA) is 49.8 Å². The Hall–Kier alpha value is -0.610. The molecule has 0 heterocycles. The Morgan fingerprint density at radius 1 is 1.47 bits per heavy atom. The molecule has 88 valence electrons. The van der Waals surface area contributed by atoms with Gasteiger partial charge in [-0.1, -0.05) is 19.8 Å². The Labute approximate surface area is 91.2 Å². The van der Waals surface area contributed by atoms with Crippen molar-refractivity contribution in [3.8, 4) is 0 Å². The zero-order valence-electron chi connectivity index (χ0n) is 9.61. The molecule has 0 aliphatic heterocycles. The smallest absolute Gasteiger partial charge is 0.317 e. The summed E-state index contributed by atoms with van der Waals surface area (Å²) in [7, 11) is 1.72. The summed E-state index contributed by atoms with van der Waals surface area (Å²) < 4.78 is 5.43. The van der Waals surface area contributed by atoms with Crippen molar-refractivity contribution >= 4 is 5.97 Å². The number of hydrogen-bond donors (Lipinski definition) is 1. The molecule has 0 radical (unpaired) electrons. The number of hydrogen-bond acceptors (Lipinski definition) is 3. The van der Waals surface area contributed by atoms with Crippen LogP contribution in [0.25, 0.3) is 0 Å². The minimum Gasteiger partial charge on any atom is -0.480 e. The van der Waals surface area contributed by atoms with Crippen molar-refractivity contribution < 1.29 is 14.6 Å². The van der Waals surface area contributed by atoms with Gasteiger partial charge >= 0.3 is 5.97 Å². The van der Waals surface area contributed by atoms with Crippen molar-refractivity contribution in [3.63, 3.8) is 0 Å². The molecule has 1 aliphatic carbocycles. The first-order valence-corrected chi connectivity index (χ1v) is 5.67. The molecular weight excluding hydrogens is 194 g/mol. The van der Waals surface area contributed by atoms with Crippen LogP contribution in [0.3, 0.4) is 0 Å². The van der Waals surface area contributed by atoms with Gasteiger partial charge in [-0.2, -0.15) is 0 Å². The van der Waals surface area contributed by atoms with Gasteiger partial charge in [-0.25, -0.2) is 0 Å². The van der Waals surface area contributed by atoms with Crippen molar-refractivity contribution in [2.45, 2.75) is 44.8 Å². The zero-order valence-corrected chi connectivity index (χ0v) is 9.61. The van der Waals surface area contributed by atoms with Crippen LogP contribution >= 0.6 is 0 Å². The van der Waals surface area contributed by atoms with Gasteiger partial charge in [0.1, 0.15) is 0 Å². The second-order valence-electron chi connectivity index (χ2n) is 4.08. The maximum Gasteiger partial charge on any atom is 0.317 e. The second-order valence-corrected chi connectivity index (χ2v) is 4.08. The quantitative estimate of drug-likeness (QED) is 0.752. The van der Waals surface area contributed by atoms with Crippen LogP contribution in [0.5, 0.6) is 0 Å². The Balaban J connectivity index is 2.58. The first-order chi connectivity index (χ1) is 7.19. The van der Waals surface area contributed by atoms with E-state index in [2.05, 4.69) is 0 Å². The molecule has 2 atom stereocenters. The van der Waals surface area contributed by atoms with Crippen molar-refractivity contribution in [2.24, 2.45) is 0 Å². The van der Waals surface area contributed by atoms with Gasteiger partial charge in [0.15, 0.2) is 0 Å². The summed E-state index contributed by atoms with van der Waals surface area (Å²) in [6.07, 6.45) is 4.69. The predicted octanol–water partition coefficient (Wildman–Crippen LogP) is 1.35. The third-order valence-electron chi connectivity index (χ3n) is 3.18. The van der Waals surface area contributed by atoms with E-state index in [9.17, 15) is 4.79 Å². The predicted molar refractivity (Wildman–Crippen MR) is 57.9 cm³/mol. The first-order valence-electron chi connectivity index (χ1n) is 5.67. The van der Waals surface area contributed by atoms with Gasteiger partial charge < -0.3 is 9.84 Å². The summed E-state index contributed by atoms with van der Waals surface area (Å²) in [4.78, 5) is 12.7. The maximum atomic E-state index is 10.7. The Morgan fingerprint density at radius 3 is 2.67 bits per heavy atom. The van der Waals surface area contributed by atoms with E-state index in [1.54, 1.807) is 7.11 Å². The molecule has 0 saturated heterocycles. The number of aliphatic carboxylic acids is 1. The van der Waals surface area contributed by atoms with Gasteiger partial charge in [-0.05, 0) is 19.4 Å². The Kier molecular flexibility index (Phi) is 5.05. The lowest BCUT2D eigenvalue weighted by Crippen LogP contribution is -2.48. The number of carbonyl (C=O) groups is 1. The van der Waals surface area contributed by atoms with Gasteiger partial charge in [-0.3, -0.25) is 9.69 Å². The summed E-state index contributed by atoms with van der Waals surface area (Å²) in [5.41, 5.74) is 0. The third-order valence-corrected chi connectivity index (χ3v) is 3.18. The molecule has 4 heteroatoms. The fourth-order valence-corrected chi connectivity index (χ4v) is 2.41. The molecule has 0 bridgehead atoms. The van der Waals surface area contributed by atoms with E-state index in [1.807, 2.05) is 11.8 Å². The average Bonchev–Trinajstić information content (AvgIpc) is 2.25. The number of ether oxygens (including phenoxy) is 1. The van der Waals surface area contributed by atoms with Crippen molar-refractivity contribution in [2.75, 3.05) is 20.2 Å². The van der Waals surface area contributed by atoms with Gasteiger partial charge in [0, 0.05) is 13.2 Å². The number of likely N-dealkylation sites (N-methyl/N-ethyl adjacent to an activating group) is 1. The molecule has 1 fully saturated rings. The van der Waals surface area contributed by atoms with Crippen LogP contribution in [0.2, 0.25) is 0 Å². The number of rotatable bonds is 5. The number of methoxy groups -OCH3 is 1. The average molecular weight is 215 g/mol. The molecule has 0 spiro atoms. The molecule has 15 heavy (non-hydrogen) atoms. The second kappa shape index (κ2) is 6.08. The van der Waals surface area contributed by atoms with Gasteiger partial charge in [0.05, 0.1) is 12.6 Å². The van der Waals surface area contributed by atoms with Crippen LogP contribution in [0.15, 0.2) is 0 Å². The van der Waals surface area contributed by atoms with E-state index in [0.29, 0.717) is 0 Å². The van der Waals surface area contributed by atoms with Crippen LogP contribution in [-0.4, -0.2) is 48.3 Å². The monoisotopic (exact) mass is 215 g/mol. The molecule has 1 N–H and O–H groups in total. The number of nitrogens with zero attached hydrogens (tertiary/aromatic N) is 1. The molecule has 0 aromatic rings. The SMILES string of the molecule is CCN(CC(=O)O)C1CCCCC1OC. The van der Waals surface area contributed by atoms with Crippen LogP contribution in [0.1, 0.15) is 32.6 Å². The maximum absolute atomic E-state index is 10.7. The minimum atomic E-state index is -0.753. The fourth-order valence-electron chi connectivity index (χ4n) is 2.41. The standard InChI is InChI=1S/C11H21NO3/c1-3-12(8-11(13)14)9-6-4-5-7-10(9)15-2/h9-10H,3-8H2,1-2H3,(H,13,14). The summed E-state index contributed by atoms with van der Waals surface area (Å²) in [6.45, 7) is 2.90. The van der Waals surface area contributed by atoms with Gasteiger partial charge in [0.25, 0.3) is 0 Å². The highest BCUT2D eigenvalue weighted by Crippen LogP contribution is 2.24. The Morgan fingerprint density at radius 2 is 2.13 bits per heavy atom. The summed E-state index contributed by atoms with van der Waals surface area (Å²) in [5, 5.41) is 8.82. The minimum absolute atomic E-state index is 0.126. The lowest BCUT2D eigenvalue weighted by atomic mass is 9.91. The molecule has 2 unspecified atom stereocenters. The van der Waals surface area contributed by atoms with E-state index in [1.165, 1.54) is 12.8 Å². The van der Waals surface area contributed by atoms with Gasteiger partial charge in [0.2, 0.25) is 0 Å². The molecule has 4 nitrogen and oxygen atoms in total.